The van der Waals surface area contributed by atoms with E-state index in [2.05, 4.69) is 53.8 Å². The minimum absolute atomic E-state index is 0.119. The lowest BCUT2D eigenvalue weighted by Gasteiger charge is -2.21. The first-order valence-corrected chi connectivity index (χ1v) is 10.5. The molecule has 0 N–H and O–H groups in total. The van der Waals surface area contributed by atoms with Gasteiger partial charge in [-0.1, -0.05) is 60.7 Å². The maximum atomic E-state index is 13.8. The molecule has 1 unspecified atom stereocenters. The zero-order valence-corrected chi connectivity index (χ0v) is 17.1. The van der Waals surface area contributed by atoms with Crippen LogP contribution in [0, 0.1) is 6.92 Å². The standard InChI is InChI=1S/C26H26N2O/c1-18-25(26(29)22-14-7-10-19-9-3-4-12-21(19)22)23-13-5-6-15-24(23)28(18)17-20-11-8-16-27(20)2/h3-7,9-10,12-15,20H,8,11,16-17H2,1-2H3. The largest absolute Gasteiger partial charge is 0.343 e. The van der Waals surface area contributed by atoms with Crippen molar-refractivity contribution >= 4 is 27.5 Å². The van der Waals surface area contributed by atoms with E-state index in [9.17, 15) is 4.79 Å². The molecule has 3 nitrogen and oxygen atoms in total. The van der Waals surface area contributed by atoms with Crippen molar-refractivity contribution < 1.29 is 4.79 Å². The Hall–Kier alpha value is -2.91. The van der Waals surface area contributed by atoms with Crippen molar-refractivity contribution in [2.45, 2.75) is 32.4 Å². The number of carbonyl (C=O) groups excluding carboxylic acids is 1. The second kappa shape index (κ2) is 7.16. The number of para-hydroxylation sites is 1. The van der Waals surface area contributed by atoms with Gasteiger partial charge in [-0.05, 0) is 50.2 Å². The summed E-state index contributed by atoms with van der Waals surface area (Å²) >= 11 is 0. The van der Waals surface area contributed by atoms with Crippen LogP contribution in [-0.4, -0.2) is 34.9 Å². The third-order valence-electron chi connectivity index (χ3n) is 6.56. The molecule has 1 aliphatic heterocycles. The van der Waals surface area contributed by atoms with E-state index >= 15 is 0 Å². The normalized spacial score (nSPS) is 17.4. The van der Waals surface area contributed by atoms with Crippen molar-refractivity contribution in [3.63, 3.8) is 0 Å². The summed E-state index contributed by atoms with van der Waals surface area (Å²) in [5, 5.41) is 3.18. The van der Waals surface area contributed by atoms with Crippen LogP contribution in [0.3, 0.4) is 0 Å². The molecule has 2 heterocycles. The van der Waals surface area contributed by atoms with Gasteiger partial charge in [0.1, 0.15) is 0 Å². The molecule has 0 saturated carbocycles. The van der Waals surface area contributed by atoms with E-state index in [0.717, 1.165) is 51.6 Å². The molecule has 3 aromatic carbocycles. The number of likely N-dealkylation sites (tertiary alicyclic amines) is 1. The number of fused-ring (bicyclic) bond motifs is 2. The fourth-order valence-corrected chi connectivity index (χ4v) is 4.93. The Morgan fingerprint density at radius 2 is 1.69 bits per heavy atom. The maximum Gasteiger partial charge on any atom is 0.196 e. The maximum absolute atomic E-state index is 13.8. The fraction of sp³-hybridized carbons (Fsp3) is 0.269. The van der Waals surface area contributed by atoms with E-state index < -0.39 is 0 Å². The average Bonchev–Trinajstić information content (AvgIpc) is 3.28. The number of aromatic nitrogens is 1. The Morgan fingerprint density at radius 3 is 2.48 bits per heavy atom. The average molecular weight is 383 g/mol. The highest BCUT2D eigenvalue weighted by molar-refractivity contribution is 6.22. The summed E-state index contributed by atoms with van der Waals surface area (Å²) in [6.07, 6.45) is 2.47. The Labute approximate surface area is 171 Å². The van der Waals surface area contributed by atoms with Crippen LogP contribution in [0.25, 0.3) is 21.7 Å². The van der Waals surface area contributed by atoms with Gasteiger partial charge >= 0.3 is 0 Å². The zero-order valence-electron chi connectivity index (χ0n) is 17.1. The van der Waals surface area contributed by atoms with Gasteiger partial charge in [0.05, 0.1) is 5.56 Å². The zero-order chi connectivity index (χ0) is 20.0. The van der Waals surface area contributed by atoms with Crippen LogP contribution in [0.5, 0.6) is 0 Å². The second-order valence-corrected chi connectivity index (χ2v) is 8.22. The van der Waals surface area contributed by atoms with Crippen LogP contribution in [0.4, 0.5) is 0 Å². The van der Waals surface area contributed by atoms with Gasteiger partial charge in [-0.25, -0.2) is 0 Å². The monoisotopic (exact) mass is 382 g/mol. The third kappa shape index (κ3) is 2.97. The molecule has 0 bridgehead atoms. The lowest BCUT2D eigenvalue weighted by molar-refractivity contribution is 0.104. The molecule has 5 rings (SSSR count). The molecule has 0 aliphatic carbocycles. The van der Waals surface area contributed by atoms with Gasteiger partial charge in [-0.15, -0.1) is 0 Å². The fourth-order valence-electron chi connectivity index (χ4n) is 4.93. The highest BCUT2D eigenvalue weighted by Gasteiger charge is 2.26. The predicted octanol–water partition coefficient (Wildman–Crippen LogP) is 5.43. The first-order valence-electron chi connectivity index (χ1n) is 10.5. The molecule has 146 valence electrons. The molecular formula is C26H26N2O. The number of ketones is 1. The van der Waals surface area contributed by atoms with Gasteiger partial charge < -0.3 is 9.47 Å². The summed E-state index contributed by atoms with van der Waals surface area (Å²) in [6, 6.07) is 23.0. The van der Waals surface area contributed by atoms with Gasteiger partial charge in [0, 0.05) is 34.7 Å². The van der Waals surface area contributed by atoms with Crippen molar-refractivity contribution in [1.82, 2.24) is 9.47 Å². The molecule has 0 spiro atoms. The lowest BCUT2D eigenvalue weighted by atomic mass is 9.95. The van der Waals surface area contributed by atoms with E-state index in [4.69, 9.17) is 0 Å². The predicted molar refractivity (Wildman–Crippen MR) is 120 cm³/mol. The van der Waals surface area contributed by atoms with Crippen LogP contribution in [-0.2, 0) is 6.54 Å². The number of rotatable bonds is 4. The minimum atomic E-state index is 0.119. The van der Waals surface area contributed by atoms with Crippen molar-refractivity contribution in [3.8, 4) is 0 Å². The molecule has 1 saturated heterocycles. The summed E-state index contributed by atoms with van der Waals surface area (Å²) in [4.78, 5) is 16.2. The van der Waals surface area contributed by atoms with Crippen LogP contribution < -0.4 is 0 Å². The smallest absolute Gasteiger partial charge is 0.196 e. The van der Waals surface area contributed by atoms with Crippen LogP contribution in [0.15, 0.2) is 66.7 Å². The Balaban J connectivity index is 1.67. The molecule has 3 heteroatoms. The lowest BCUT2D eigenvalue weighted by Crippen LogP contribution is -2.29. The molecule has 4 aromatic rings. The Bertz CT molecular complexity index is 1210. The van der Waals surface area contributed by atoms with Gasteiger partial charge in [-0.3, -0.25) is 4.79 Å². The molecule has 0 radical (unpaired) electrons. The van der Waals surface area contributed by atoms with Gasteiger partial charge in [0.25, 0.3) is 0 Å². The van der Waals surface area contributed by atoms with Gasteiger partial charge in [-0.2, -0.15) is 0 Å². The summed E-state index contributed by atoms with van der Waals surface area (Å²) in [6.45, 7) is 4.20. The number of nitrogens with zero attached hydrogens (tertiary/aromatic N) is 2. The summed E-state index contributed by atoms with van der Waals surface area (Å²) in [7, 11) is 2.21. The number of hydrogen-bond acceptors (Lipinski definition) is 2. The summed E-state index contributed by atoms with van der Waals surface area (Å²) in [5.74, 6) is 0.119. The quantitative estimate of drug-likeness (QED) is 0.440. The van der Waals surface area contributed by atoms with E-state index in [1.54, 1.807) is 0 Å². The first kappa shape index (κ1) is 18.1. The van der Waals surface area contributed by atoms with E-state index in [-0.39, 0.29) is 5.78 Å². The Kier molecular flexibility index (Phi) is 4.48. The van der Waals surface area contributed by atoms with Gasteiger partial charge in [0.2, 0.25) is 0 Å². The number of benzene rings is 3. The molecule has 0 amide bonds. The third-order valence-corrected chi connectivity index (χ3v) is 6.56. The highest BCUT2D eigenvalue weighted by atomic mass is 16.1. The SMILES string of the molecule is Cc1c(C(=O)c2cccc3ccccc23)c2ccccc2n1CC1CCCN1C. The highest BCUT2D eigenvalue weighted by Crippen LogP contribution is 2.31. The minimum Gasteiger partial charge on any atom is -0.343 e. The summed E-state index contributed by atoms with van der Waals surface area (Å²) < 4.78 is 2.36. The van der Waals surface area contributed by atoms with Crippen molar-refractivity contribution in [2.75, 3.05) is 13.6 Å². The molecule has 1 atom stereocenters. The van der Waals surface area contributed by atoms with Crippen LogP contribution in [0.1, 0.15) is 34.5 Å². The molecular weight excluding hydrogens is 356 g/mol. The number of likely N-dealkylation sites (N-methyl/N-ethyl adjacent to an activating group) is 1. The number of hydrogen-bond donors (Lipinski definition) is 0. The first-order chi connectivity index (χ1) is 14.1. The second-order valence-electron chi connectivity index (χ2n) is 8.22. The molecule has 29 heavy (non-hydrogen) atoms. The molecule has 1 aliphatic rings. The topological polar surface area (TPSA) is 25.2 Å². The molecule has 1 aromatic heterocycles. The van der Waals surface area contributed by atoms with Crippen molar-refractivity contribution in [2.24, 2.45) is 0 Å². The van der Waals surface area contributed by atoms with Crippen molar-refractivity contribution in [3.05, 3.63) is 83.6 Å². The van der Waals surface area contributed by atoms with Crippen LogP contribution >= 0.6 is 0 Å². The Morgan fingerprint density at radius 1 is 0.966 bits per heavy atom. The molecule has 1 fully saturated rings. The van der Waals surface area contributed by atoms with Crippen LogP contribution in [0.2, 0.25) is 0 Å². The van der Waals surface area contributed by atoms with Gasteiger partial charge in [0.15, 0.2) is 5.78 Å². The summed E-state index contributed by atoms with van der Waals surface area (Å²) in [5.41, 5.74) is 3.86. The number of carbonyl (C=O) groups is 1. The van der Waals surface area contributed by atoms with E-state index in [1.807, 2.05) is 36.4 Å². The van der Waals surface area contributed by atoms with E-state index in [0.29, 0.717) is 6.04 Å². The van der Waals surface area contributed by atoms with Crippen molar-refractivity contribution in [1.29, 1.82) is 0 Å². The van der Waals surface area contributed by atoms with E-state index in [1.165, 1.54) is 12.8 Å².